The zero-order valence-electron chi connectivity index (χ0n) is 18.8. The highest BCUT2D eigenvalue weighted by molar-refractivity contribution is 5.73. The van der Waals surface area contributed by atoms with Crippen molar-refractivity contribution in [1.82, 2.24) is 4.90 Å². The van der Waals surface area contributed by atoms with Crippen molar-refractivity contribution in [3.63, 3.8) is 0 Å². The van der Waals surface area contributed by atoms with Crippen LogP contribution in [0.3, 0.4) is 0 Å². The van der Waals surface area contributed by atoms with Gasteiger partial charge in [0.25, 0.3) is 0 Å². The number of aliphatic hydroxyl groups excluding tert-OH is 1. The number of aryl methyl sites for hydroxylation is 1. The third-order valence-corrected chi connectivity index (χ3v) is 6.29. The van der Waals surface area contributed by atoms with Crippen LogP contribution in [0.4, 0.5) is 13.2 Å². The summed E-state index contributed by atoms with van der Waals surface area (Å²) in [6.45, 7) is 9.66. The maximum Gasteiger partial charge on any atom is 0.131 e. The van der Waals surface area contributed by atoms with Crippen LogP contribution < -0.4 is 0 Å². The Labute approximate surface area is 188 Å². The maximum absolute atomic E-state index is 15.3. The standard InChI is InChI=1S/C27H30F3NO/c1-5-21-8-6-7-9-22(21)23-14-18(3)31(12-10-17(2)28)27(19(23)4)26-24(29)15-20(11-13-32)16-25(26)30/h6-9,11,13,15-16,18,27,32H,2,5,10,12,14H2,1,3-4H3/b13-11+. The number of hydrogen-bond donors (Lipinski definition) is 1. The van der Waals surface area contributed by atoms with Gasteiger partial charge in [0.05, 0.1) is 18.1 Å². The Morgan fingerprint density at radius 1 is 1.22 bits per heavy atom. The fraction of sp³-hybridized carbons (Fsp3) is 0.333. The van der Waals surface area contributed by atoms with Gasteiger partial charge in [-0.05, 0) is 72.7 Å². The summed E-state index contributed by atoms with van der Waals surface area (Å²) >= 11 is 0. The molecule has 170 valence electrons. The monoisotopic (exact) mass is 441 g/mol. The number of benzene rings is 2. The van der Waals surface area contributed by atoms with E-state index in [1.54, 1.807) is 0 Å². The van der Waals surface area contributed by atoms with E-state index in [1.165, 1.54) is 23.8 Å². The van der Waals surface area contributed by atoms with E-state index < -0.39 is 23.5 Å². The molecule has 2 atom stereocenters. The van der Waals surface area contributed by atoms with Gasteiger partial charge in [-0.25, -0.2) is 13.2 Å². The van der Waals surface area contributed by atoms with Gasteiger partial charge in [-0.15, -0.1) is 0 Å². The van der Waals surface area contributed by atoms with Crippen LogP contribution in [-0.4, -0.2) is 22.6 Å². The van der Waals surface area contributed by atoms with Crippen LogP contribution >= 0.6 is 0 Å². The van der Waals surface area contributed by atoms with Crippen LogP contribution in [0.15, 0.2) is 60.6 Å². The van der Waals surface area contributed by atoms with E-state index in [1.807, 2.05) is 30.9 Å². The molecule has 1 heterocycles. The van der Waals surface area contributed by atoms with E-state index in [2.05, 4.69) is 25.6 Å². The molecule has 0 aromatic heterocycles. The van der Waals surface area contributed by atoms with Crippen molar-refractivity contribution in [2.24, 2.45) is 0 Å². The molecule has 2 aromatic rings. The Hall–Kier alpha value is -2.79. The summed E-state index contributed by atoms with van der Waals surface area (Å²) in [5.41, 5.74) is 4.39. The van der Waals surface area contributed by atoms with E-state index in [-0.39, 0.29) is 23.6 Å². The second-order valence-corrected chi connectivity index (χ2v) is 8.35. The Bertz CT molecular complexity index is 1030. The quantitative estimate of drug-likeness (QED) is 0.449. The van der Waals surface area contributed by atoms with Gasteiger partial charge in [0.2, 0.25) is 0 Å². The molecule has 0 saturated carbocycles. The third-order valence-electron chi connectivity index (χ3n) is 6.29. The fourth-order valence-electron chi connectivity index (χ4n) is 4.72. The molecule has 1 aliphatic rings. The SMILES string of the molecule is C=C(F)CCN1C(C)CC(c2ccccc2CC)=C(C)C1c1c(F)cc(/C=C/O)cc1F. The Morgan fingerprint density at radius 2 is 1.88 bits per heavy atom. The molecule has 0 spiro atoms. The molecule has 0 saturated heterocycles. The molecular weight excluding hydrogens is 411 g/mol. The Kier molecular flexibility index (Phi) is 7.62. The van der Waals surface area contributed by atoms with Crippen LogP contribution in [0, 0.1) is 11.6 Å². The predicted molar refractivity (Wildman–Crippen MR) is 125 cm³/mol. The predicted octanol–water partition coefficient (Wildman–Crippen LogP) is 7.54. The van der Waals surface area contributed by atoms with Crippen molar-refractivity contribution in [3.05, 3.63) is 94.5 Å². The zero-order valence-corrected chi connectivity index (χ0v) is 18.8. The largest absolute Gasteiger partial charge is 0.516 e. The van der Waals surface area contributed by atoms with Crippen molar-refractivity contribution >= 4 is 11.6 Å². The Balaban J connectivity index is 2.21. The van der Waals surface area contributed by atoms with E-state index in [4.69, 9.17) is 5.11 Å². The summed E-state index contributed by atoms with van der Waals surface area (Å²) in [6.07, 6.45) is 3.63. The lowest BCUT2D eigenvalue weighted by Crippen LogP contribution is -2.42. The average Bonchev–Trinajstić information content (AvgIpc) is 2.74. The highest BCUT2D eigenvalue weighted by atomic mass is 19.1. The smallest absolute Gasteiger partial charge is 0.131 e. The van der Waals surface area contributed by atoms with Crippen molar-refractivity contribution in [2.45, 2.75) is 52.1 Å². The normalized spacial score (nSPS) is 19.7. The summed E-state index contributed by atoms with van der Waals surface area (Å²) in [5.74, 6) is -1.84. The second-order valence-electron chi connectivity index (χ2n) is 8.35. The van der Waals surface area contributed by atoms with E-state index >= 15 is 8.78 Å². The molecule has 32 heavy (non-hydrogen) atoms. The minimum absolute atomic E-state index is 0.0555. The molecular formula is C27H30F3NO. The molecule has 0 aliphatic carbocycles. The van der Waals surface area contributed by atoms with E-state index in [0.29, 0.717) is 13.0 Å². The number of aliphatic hydroxyl groups is 1. The molecule has 1 aliphatic heterocycles. The highest BCUT2D eigenvalue weighted by Crippen LogP contribution is 2.44. The highest BCUT2D eigenvalue weighted by Gasteiger charge is 2.37. The van der Waals surface area contributed by atoms with E-state index in [9.17, 15) is 4.39 Å². The van der Waals surface area contributed by atoms with Crippen LogP contribution in [0.25, 0.3) is 11.6 Å². The molecule has 0 fully saturated rings. The van der Waals surface area contributed by atoms with Gasteiger partial charge in [-0.1, -0.05) is 37.8 Å². The van der Waals surface area contributed by atoms with Crippen LogP contribution in [0.5, 0.6) is 0 Å². The lowest BCUT2D eigenvalue weighted by Gasteiger charge is -2.43. The number of hydrogen-bond acceptors (Lipinski definition) is 2. The molecule has 0 radical (unpaired) electrons. The summed E-state index contributed by atoms with van der Waals surface area (Å²) in [6, 6.07) is 9.80. The lowest BCUT2D eigenvalue weighted by atomic mass is 9.81. The first-order valence-corrected chi connectivity index (χ1v) is 10.9. The van der Waals surface area contributed by atoms with Gasteiger partial charge >= 0.3 is 0 Å². The molecule has 0 amide bonds. The first kappa shape index (κ1) is 23.9. The van der Waals surface area contributed by atoms with Gasteiger partial charge in [-0.3, -0.25) is 4.90 Å². The minimum atomic E-state index is -0.691. The summed E-state index contributed by atoms with van der Waals surface area (Å²) in [7, 11) is 0. The first-order chi connectivity index (χ1) is 15.3. The lowest BCUT2D eigenvalue weighted by molar-refractivity contribution is 0.150. The summed E-state index contributed by atoms with van der Waals surface area (Å²) in [5, 5.41) is 8.99. The Morgan fingerprint density at radius 3 is 2.47 bits per heavy atom. The molecule has 3 rings (SSSR count). The fourth-order valence-corrected chi connectivity index (χ4v) is 4.72. The third kappa shape index (κ3) is 4.83. The summed E-state index contributed by atoms with van der Waals surface area (Å²) in [4.78, 5) is 1.96. The summed E-state index contributed by atoms with van der Waals surface area (Å²) < 4.78 is 44.1. The second kappa shape index (κ2) is 10.2. The van der Waals surface area contributed by atoms with Gasteiger partial charge in [0.15, 0.2) is 0 Å². The number of rotatable bonds is 7. The van der Waals surface area contributed by atoms with E-state index in [0.717, 1.165) is 29.4 Å². The van der Waals surface area contributed by atoms with Crippen molar-refractivity contribution in [2.75, 3.05) is 6.54 Å². The maximum atomic E-state index is 15.3. The average molecular weight is 442 g/mol. The van der Waals surface area contributed by atoms with Gasteiger partial charge in [0, 0.05) is 24.6 Å². The molecule has 2 aromatic carbocycles. The number of halogens is 3. The molecule has 0 bridgehead atoms. The van der Waals surface area contributed by atoms with Crippen LogP contribution in [0.2, 0.25) is 0 Å². The molecule has 2 nitrogen and oxygen atoms in total. The van der Waals surface area contributed by atoms with Crippen LogP contribution in [-0.2, 0) is 6.42 Å². The number of nitrogens with zero attached hydrogens (tertiary/aromatic N) is 1. The first-order valence-electron chi connectivity index (χ1n) is 10.9. The van der Waals surface area contributed by atoms with Gasteiger partial charge in [-0.2, -0.15) is 0 Å². The van der Waals surface area contributed by atoms with Crippen molar-refractivity contribution in [3.8, 4) is 0 Å². The molecule has 1 N–H and O–H groups in total. The zero-order chi connectivity index (χ0) is 23.4. The minimum Gasteiger partial charge on any atom is -0.516 e. The van der Waals surface area contributed by atoms with Gasteiger partial charge in [0.1, 0.15) is 11.6 Å². The van der Waals surface area contributed by atoms with Crippen molar-refractivity contribution < 1.29 is 18.3 Å². The van der Waals surface area contributed by atoms with Gasteiger partial charge < -0.3 is 5.11 Å². The topological polar surface area (TPSA) is 23.5 Å². The molecule has 2 unspecified atom stereocenters. The van der Waals surface area contributed by atoms with Crippen molar-refractivity contribution in [1.29, 1.82) is 0 Å². The van der Waals surface area contributed by atoms with Crippen LogP contribution in [0.1, 0.15) is 61.9 Å². The molecule has 5 heteroatoms.